The van der Waals surface area contributed by atoms with Crippen LogP contribution in [0, 0.1) is 0 Å². The van der Waals surface area contributed by atoms with Crippen molar-refractivity contribution in [2.24, 2.45) is 0 Å². The Morgan fingerprint density at radius 1 is 1.58 bits per heavy atom. The monoisotopic (exact) mass is 245 g/mol. The average Bonchev–Trinajstić information content (AvgIpc) is 2.03. The number of hydrogen-bond donors (Lipinski definition) is 1. The van der Waals surface area contributed by atoms with Gasteiger partial charge in [-0.25, -0.2) is 0 Å². The summed E-state index contributed by atoms with van der Waals surface area (Å²) < 4.78 is 0.983. The van der Waals surface area contributed by atoms with E-state index in [1.165, 1.54) is 0 Å². The average molecular weight is 247 g/mol. The van der Waals surface area contributed by atoms with Gasteiger partial charge in [-0.3, -0.25) is 0 Å². The number of anilines is 1. The minimum Gasteiger partial charge on any atom is -0.380 e. The lowest BCUT2D eigenvalue weighted by atomic mass is 10.3. The number of halogens is 2. The topological polar surface area (TPSA) is 12.0 Å². The lowest BCUT2D eigenvalue weighted by molar-refractivity contribution is 1.34. The van der Waals surface area contributed by atoms with Crippen LogP contribution in [-0.4, -0.2) is 6.54 Å². The molecule has 3 heteroatoms. The van der Waals surface area contributed by atoms with Crippen molar-refractivity contribution in [2.45, 2.75) is 0 Å². The third-order valence-corrected chi connectivity index (χ3v) is 2.17. The summed E-state index contributed by atoms with van der Waals surface area (Å²) in [4.78, 5) is 0. The van der Waals surface area contributed by atoms with E-state index in [-0.39, 0.29) is 0 Å². The van der Waals surface area contributed by atoms with Crippen LogP contribution in [0.2, 0.25) is 5.02 Å². The van der Waals surface area contributed by atoms with Gasteiger partial charge in [0, 0.05) is 11.0 Å². The lowest BCUT2D eigenvalue weighted by Crippen LogP contribution is -1.97. The molecule has 0 atom stereocenters. The Labute approximate surface area is 85.6 Å². The summed E-state index contributed by atoms with van der Waals surface area (Å²) >= 11 is 9.27. The molecule has 1 rings (SSSR count). The van der Waals surface area contributed by atoms with Gasteiger partial charge in [0.1, 0.15) is 0 Å². The predicted molar refractivity (Wildman–Crippen MR) is 57.8 cm³/mol. The molecule has 64 valence electrons. The summed E-state index contributed by atoms with van der Waals surface area (Å²) in [5.41, 5.74) is 0.930. The fourth-order valence-corrected chi connectivity index (χ4v) is 1.56. The zero-order valence-corrected chi connectivity index (χ0v) is 8.82. The molecule has 0 unspecified atom stereocenters. The van der Waals surface area contributed by atoms with Crippen LogP contribution < -0.4 is 5.32 Å². The van der Waals surface area contributed by atoms with E-state index < -0.39 is 0 Å². The first-order chi connectivity index (χ1) is 5.74. The Morgan fingerprint density at radius 2 is 2.33 bits per heavy atom. The first-order valence-electron chi connectivity index (χ1n) is 3.54. The number of nitrogens with one attached hydrogen (secondary N) is 1. The molecule has 0 aliphatic heterocycles. The van der Waals surface area contributed by atoms with E-state index in [1.54, 1.807) is 6.08 Å². The molecule has 0 aromatic heterocycles. The summed E-state index contributed by atoms with van der Waals surface area (Å²) in [6.45, 7) is 4.33. The molecule has 0 heterocycles. The molecule has 0 radical (unpaired) electrons. The van der Waals surface area contributed by atoms with Crippen molar-refractivity contribution in [2.75, 3.05) is 11.9 Å². The van der Waals surface area contributed by atoms with E-state index >= 15 is 0 Å². The zero-order chi connectivity index (χ0) is 8.97. The highest BCUT2D eigenvalue weighted by Crippen LogP contribution is 2.25. The van der Waals surface area contributed by atoms with Crippen molar-refractivity contribution in [1.29, 1.82) is 0 Å². The van der Waals surface area contributed by atoms with Crippen LogP contribution in [0.3, 0.4) is 0 Å². The molecular weight excluding hydrogens is 237 g/mol. The Balaban J connectivity index is 2.78. The highest BCUT2D eigenvalue weighted by molar-refractivity contribution is 9.10. The van der Waals surface area contributed by atoms with Crippen LogP contribution in [0.25, 0.3) is 0 Å². The molecule has 0 aliphatic carbocycles. The first-order valence-corrected chi connectivity index (χ1v) is 4.71. The normalized spacial score (nSPS) is 9.50. The largest absolute Gasteiger partial charge is 0.380 e. The van der Waals surface area contributed by atoms with Gasteiger partial charge < -0.3 is 5.32 Å². The van der Waals surface area contributed by atoms with Gasteiger partial charge in [0.2, 0.25) is 0 Å². The summed E-state index contributed by atoms with van der Waals surface area (Å²) in [7, 11) is 0. The van der Waals surface area contributed by atoms with Gasteiger partial charge >= 0.3 is 0 Å². The van der Waals surface area contributed by atoms with Crippen LogP contribution in [0.4, 0.5) is 5.69 Å². The van der Waals surface area contributed by atoms with Crippen molar-refractivity contribution < 1.29 is 0 Å². The fraction of sp³-hybridized carbons (Fsp3) is 0.111. The van der Waals surface area contributed by atoms with Crippen molar-refractivity contribution in [3.63, 3.8) is 0 Å². The van der Waals surface area contributed by atoms with Gasteiger partial charge in [0.25, 0.3) is 0 Å². The van der Waals surface area contributed by atoms with Crippen LogP contribution in [0.1, 0.15) is 0 Å². The van der Waals surface area contributed by atoms with Gasteiger partial charge in [0.05, 0.1) is 10.7 Å². The zero-order valence-electron chi connectivity index (χ0n) is 6.48. The van der Waals surface area contributed by atoms with Crippen molar-refractivity contribution >= 4 is 33.2 Å². The van der Waals surface area contributed by atoms with E-state index in [2.05, 4.69) is 27.8 Å². The van der Waals surface area contributed by atoms with Gasteiger partial charge in [-0.05, 0) is 18.2 Å². The molecule has 0 fully saturated rings. The molecule has 1 aromatic carbocycles. The molecule has 0 saturated carbocycles. The summed E-state index contributed by atoms with van der Waals surface area (Å²) in [6, 6.07) is 5.72. The second-order valence-corrected chi connectivity index (χ2v) is 3.62. The maximum atomic E-state index is 5.94. The lowest BCUT2D eigenvalue weighted by Gasteiger charge is -2.05. The van der Waals surface area contributed by atoms with E-state index in [0.29, 0.717) is 5.02 Å². The molecule has 12 heavy (non-hydrogen) atoms. The molecule has 0 aliphatic rings. The van der Waals surface area contributed by atoms with E-state index in [1.807, 2.05) is 18.2 Å². The molecule has 1 aromatic rings. The quantitative estimate of drug-likeness (QED) is 0.802. The van der Waals surface area contributed by atoms with Crippen molar-refractivity contribution in [3.8, 4) is 0 Å². The van der Waals surface area contributed by atoms with Crippen LogP contribution in [0.5, 0.6) is 0 Å². The fourth-order valence-electron chi connectivity index (χ4n) is 0.815. The van der Waals surface area contributed by atoms with Crippen molar-refractivity contribution in [3.05, 3.63) is 40.3 Å². The third kappa shape index (κ3) is 2.54. The van der Waals surface area contributed by atoms with Gasteiger partial charge in [0.15, 0.2) is 0 Å². The summed E-state index contributed by atoms with van der Waals surface area (Å²) in [5, 5.41) is 3.83. The second-order valence-electron chi connectivity index (χ2n) is 2.29. The maximum Gasteiger partial charge on any atom is 0.0648 e. The van der Waals surface area contributed by atoms with Gasteiger partial charge in [-0.1, -0.05) is 33.6 Å². The van der Waals surface area contributed by atoms with Crippen LogP contribution >= 0.6 is 27.5 Å². The second kappa shape index (κ2) is 4.53. The molecule has 1 nitrogen and oxygen atoms in total. The maximum absolute atomic E-state index is 5.94. The number of benzene rings is 1. The minimum absolute atomic E-state index is 0.714. The van der Waals surface area contributed by atoms with E-state index in [0.717, 1.165) is 16.7 Å². The smallest absolute Gasteiger partial charge is 0.0648 e. The number of hydrogen-bond acceptors (Lipinski definition) is 1. The molecule has 0 saturated heterocycles. The highest BCUT2D eigenvalue weighted by atomic mass is 79.9. The molecular formula is C9H9BrClN. The molecule has 1 N–H and O–H groups in total. The van der Waals surface area contributed by atoms with Crippen molar-refractivity contribution in [1.82, 2.24) is 0 Å². The number of rotatable bonds is 3. The predicted octanol–water partition coefficient (Wildman–Crippen LogP) is 3.70. The Hall–Kier alpha value is -0.470. The van der Waals surface area contributed by atoms with Crippen LogP contribution in [0.15, 0.2) is 35.3 Å². The summed E-state index contributed by atoms with van der Waals surface area (Å²) in [5.74, 6) is 0. The highest BCUT2D eigenvalue weighted by Gasteiger charge is 1.97. The Morgan fingerprint density at radius 3 is 2.92 bits per heavy atom. The summed E-state index contributed by atoms with van der Waals surface area (Å²) in [6.07, 6.45) is 1.79. The van der Waals surface area contributed by atoms with Gasteiger partial charge in [-0.2, -0.15) is 0 Å². The first kappa shape index (κ1) is 9.62. The van der Waals surface area contributed by atoms with Gasteiger partial charge in [-0.15, -0.1) is 6.58 Å². The Bertz CT molecular complexity index is 286. The standard InChI is InChI=1S/C9H9BrClN/c1-2-5-12-9-4-3-7(10)6-8(9)11/h2-4,6,12H,1,5H2. The SMILES string of the molecule is C=CCNc1ccc(Br)cc1Cl. The van der Waals surface area contributed by atoms with E-state index in [9.17, 15) is 0 Å². The Kier molecular flexibility index (Phi) is 3.63. The molecule has 0 spiro atoms. The van der Waals surface area contributed by atoms with E-state index in [4.69, 9.17) is 11.6 Å². The van der Waals surface area contributed by atoms with Crippen LogP contribution in [-0.2, 0) is 0 Å². The minimum atomic E-state index is 0.714. The third-order valence-electron chi connectivity index (χ3n) is 1.37. The molecule has 0 bridgehead atoms. The molecule has 0 amide bonds.